The maximum atomic E-state index is 0. The minimum Gasteiger partial charge on any atom is -2.00 e. The van der Waals surface area contributed by atoms with Crippen molar-refractivity contribution in [3.8, 4) is 0 Å². The molecule has 0 aliphatic carbocycles. The molecule has 0 aromatic carbocycles. The van der Waals surface area contributed by atoms with Gasteiger partial charge in [0.25, 0.3) is 0 Å². The molecule has 0 bridgehead atoms. The second-order valence-electron chi connectivity index (χ2n) is 0. The summed E-state index contributed by atoms with van der Waals surface area (Å²) in [5.41, 5.74) is 0. The number of hydrogen-bond donors (Lipinski definition) is 0. The Morgan fingerprint density at radius 2 is 0.231 bits per heavy atom. The maximum Gasteiger partial charge on any atom is 6.00 e. The predicted octanol–water partition coefficient (Wildman–Crippen LogP) is -1.83. The van der Waals surface area contributed by atoms with Crippen LogP contribution in [0.3, 0.4) is 0 Å². The SMILES string of the molecule is [Al+3].[Al+3].[O-2].[O-2].[O-2].[O-2].[O-2].[O-2].[O-2].[O-2].[O-2].[U+6].[U+6]. The Hall–Kier alpha value is 2.81. The van der Waals surface area contributed by atoms with E-state index in [1.165, 1.54) is 0 Å². The summed E-state index contributed by atoms with van der Waals surface area (Å²) in [5, 5.41) is 0. The smallest absolute Gasteiger partial charge is 2.00 e. The average Bonchev–Trinajstić information content (AvgIpc) is 0. The second-order valence-corrected chi connectivity index (χ2v) is 0. The van der Waals surface area contributed by atoms with Crippen molar-refractivity contribution >= 4 is 34.7 Å². The van der Waals surface area contributed by atoms with E-state index >= 15 is 0 Å². The summed E-state index contributed by atoms with van der Waals surface area (Å²) in [5.74, 6) is 0. The van der Waals surface area contributed by atoms with Gasteiger partial charge in [0, 0.05) is 0 Å². The van der Waals surface area contributed by atoms with E-state index in [2.05, 4.69) is 0 Å². The molecule has 0 aromatic heterocycles. The van der Waals surface area contributed by atoms with Crippen molar-refractivity contribution in [3.05, 3.63) is 0 Å². The van der Waals surface area contributed by atoms with Gasteiger partial charge in [-0.15, -0.1) is 0 Å². The van der Waals surface area contributed by atoms with E-state index in [0.717, 1.165) is 0 Å². The second kappa shape index (κ2) is 358. The van der Waals surface area contributed by atoms with Crippen LogP contribution in [0.1, 0.15) is 0 Å². The van der Waals surface area contributed by atoms with E-state index < -0.39 is 0 Å². The first-order valence-electron chi connectivity index (χ1n) is 0. The number of hydrogen-bond acceptors (Lipinski definition) is 0. The van der Waals surface area contributed by atoms with Crippen LogP contribution >= 0.6 is 0 Å². The van der Waals surface area contributed by atoms with Gasteiger partial charge in [-0.1, -0.05) is 0 Å². The van der Waals surface area contributed by atoms with Gasteiger partial charge in [-0.05, 0) is 0 Å². The molecular formula is Al2O9U2. The molecular weight excluding hydrogens is 674 g/mol. The largest absolute Gasteiger partial charge is 6.00 e. The van der Waals surface area contributed by atoms with E-state index in [-0.39, 0.29) is 146 Å². The molecule has 13 heavy (non-hydrogen) atoms. The first-order valence-corrected chi connectivity index (χ1v) is 0. The van der Waals surface area contributed by atoms with E-state index in [9.17, 15) is 0 Å². The van der Waals surface area contributed by atoms with Gasteiger partial charge in [0.05, 0.1) is 0 Å². The fourth-order valence-electron chi connectivity index (χ4n) is 0. The van der Waals surface area contributed by atoms with Crippen LogP contribution in [0.4, 0.5) is 0 Å². The standard InChI is InChI=1S/2Al.9O.2U/q2*+3;9*-2;2*+6. The van der Waals surface area contributed by atoms with Crippen molar-refractivity contribution in [2.24, 2.45) is 0 Å². The molecule has 0 unspecified atom stereocenters. The Kier molecular flexibility index (Phi) is 12100. The molecule has 0 saturated carbocycles. The molecule has 0 rings (SSSR count). The minimum atomic E-state index is 0. The Morgan fingerprint density at radius 1 is 0.231 bits per heavy atom. The molecule has 0 atom stereocenters. The van der Waals surface area contributed by atoms with Crippen LogP contribution in [-0.4, -0.2) is 34.7 Å². The van der Waals surface area contributed by atoms with Crippen LogP contribution in [0.5, 0.6) is 0 Å². The van der Waals surface area contributed by atoms with Crippen molar-refractivity contribution in [1.29, 1.82) is 0 Å². The first kappa shape index (κ1) is 439. The van der Waals surface area contributed by atoms with Crippen molar-refractivity contribution in [3.63, 3.8) is 0 Å². The number of rotatable bonds is 0. The maximum absolute atomic E-state index is 0. The predicted molar refractivity (Wildman–Crippen MR) is 17.7 cm³/mol. The van der Waals surface area contributed by atoms with Crippen molar-refractivity contribution in [2.45, 2.75) is 0 Å². The summed E-state index contributed by atoms with van der Waals surface area (Å²) in [6.45, 7) is 0. The van der Waals surface area contributed by atoms with Crippen molar-refractivity contribution in [2.75, 3.05) is 0 Å². The average molecular weight is 674 g/mol. The third-order valence-corrected chi connectivity index (χ3v) is 0. The summed E-state index contributed by atoms with van der Waals surface area (Å²) in [7, 11) is 0. The van der Waals surface area contributed by atoms with Gasteiger partial charge < -0.3 is 49.3 Å². The molecule has 0 radical (unpaired) electrons. The van der Waals surface area contributed by atoms with Crippen molar-refractivity contribution in [1.82, 2.24) is 0 Å². The van der Waals surface area contributed by atoms with Gasteiger partial charge in [0.2, 0.25) is 0 Å². The van der Waals surface area contributed by atoms with Gasteiger partial charge >= 0.3 is 96.9 Å². The molecule has 68 valence electrons. The Labute approximate surface area is 144 Å². The van der Waals surface area contributed by atoms with E-state index in [0.29, 0.717) is 0 Å². The Bertz CT molecular complexity index is 15.6. The van der Waals surface area contributed by atoms with Gasteiger partial charge in [0.15, 0.2) is 0 Å². The zero-order valence-electron chi connectivity index (χ0n) is 5.83. The molecule has 0 fully saturated rings. The van der Waals surface area contributed by atoms with E-state index in [4.69, 9.17) is 0 Å². The van der Waals surface area contributed by atoms with E-state index in [1.54, 1.807) is 0 Å². The van der Waals surface area contributed by atoms with Crippen LogP contribution in [0.2, 0.25) is 0 Å². The van der Waals surface area contributed by atoms with Crippen LogP contribution in [0, 0.1) is 62.2 Å². The molecule has 0 aliphatic rings. The summed E-state index contributed by atoms with van der Waals surface area (Å²) >= 11 is 0. The fourth-order valence-corrected chi connectivity index (χ4v) is 0. The summed E-state index contributed by atoms with van der Waals surface area (Å²) in [6, 6.07) is 0. The normalized spacial score (nSPS) is 0. The third-order valence-electron chi connectivity index (χ3n) is 0. The van der Waals surface area contributed by atoms with Gasteiger partial charge in [-0.25, -0.2) is 0 Å². The van der Waals surface area contributed by atoms with Gasteiger partial charge in [-0.2, -0.15) is 0 Å². The van der Waals surface area contributed by atoms with Gasteiger partial charge in [-0.3, -0.25) is 0 Å². The molecule has 0 heterocycles. The zero-order valence-corrected chi connectivity index (χ0v) is 16.5. The summed E-state index contributed by atoms with van der Waals surface area (Å²) in [6.07, 6.45) is 0. The molecule has 0 amide bonds. The van der Waals surface area contributed by atoms with Crippen LogP contribution in [0.15, 0.2) is 0 Å². The Morgan fingerprint density at radius 3 is 0.231 bits per heavy atom. The molecule has 0 spiro atoms. The minimum absolute atomic E-state index is 0. The zero-order chi connectivity index (χ0) is 0. The van der Waals surface area contributed by atoms with Crippen LogP contribution in [0.25, 0.3) is 0 Å². The molecule has 0 aliphatic heterocycles. The Balaban J connectivity index is 0. The van der Waals surface area contributed by atoms with Crippen LogP contribution < -0.4 is 0 Å². The van der Waals surface area contributed by atoms with E-state index in [1.807, 2.05) is 0 Å². The fraction of sp³-hybridized carbons (Fsp3) is 0. The van der Waals surface area contributed by atoms with Crippen LogP contribution in [-0.2, 0) is 49.3 Å². The molecule has 13 heteroatoms. The van der Waals surface area contributed by atoms with Gasteiger partial charge in [0.1, 0.15) is 0 Å². The first-order chi connectivity index (χ1) is 0. The summed E-state index contributed by atoms with van der Waals surface area (Å²) < 4.78 is 0. The molecule has 0 saturated heterocycles. The third kappa shape index (κ3) is 308. The monoisotopic (exact) mass is 674 g/mol. The molecule has 0 N–H and O–H groups in total. The van der Waals surface area contributed by atoms with Crippen molar-refractivity contribution < 1.29 is 112 Å². The topological polar surface area (TPSA) is 256 Å². The molecule has 9 nitrogen and oxygen atoms in total. The quantitative estimate of drug-likeness (QED) is 0.257. The summed E-state index contributed by atoms with van der Waals surface area (Å²) in [4.78, 5) is 0. The molecule has 0 aromatic rings.